The van der Waals surface area contributed by atoms with Crippen molar-refractivity contribution in [2.24, 2.45) is 10.7 Å². The van der Waals surface area contributed by atoms with Crippen LogP contribution in [0.4, 0.5) is 5.69 Å². The van der Waals surface area contributed by atoms with Crippen molar-refractivity contribution in [3.05, 3.63) is 24.3 Å². The maximum atomic E-state index is 6.37. The summed E-state index contributed by atoms with van der Waals surface area (Å²) in [6.07, 6.45) is 14.6. The lowest BCUT2D eigenvalue weighted by Crippen LogP contribution is -2.43. The fourth-order valence-electron chi connectivity index (χ4n) is 4.06. The lowest BCUT2D eigenvalue weighted by Gasteiger charge is -2.28. The molecule has 2 aliphatic rings. The molecule has 0 bridgehead atoms. The van der Waals surface area contributed by atoms with Crippen molar-refractivity contribution in [3.8, 4) is 0 Å². The maximum absolute atomic E-state index is 6.37. The Labute approximate surface area is 162 Å². The van der Waals surface area contributed by atoms with Crippen molar-refractivity contribution in [3.63, 3.8) is 0 Å². The van der Waals surface area contributed by atoms with Crippen LogP contribution < -0.4 is 16.4 Å². The summed E-state index contributed by atoms with van der Waals surface area (Å²) in [7, 11) is 0. The van der Waals surface area contributed by atoms with Gasteiger partial charge in [-0.25, -0.2) is 4.99 Å². The van der Waals surface area contributed by atoms with Gasteiger partial charge in [-0.3, -0.25) is 0 Å². The van der Waals surface area contributed by atoms with E-state index >= 15 is 0 Å². The van der Waals surface area contributed by atoms with Gasteiger partial charge in [-0.05, 0) is 44.1 Å². The number of benzene rings is 1. The van der Waals surface area contributed by atoms with Gasteiger partial charge in [0, 0.05) is 17.0 Å². The molecule has 26 heavy (non-hydrogen) atoms. The zero-order valence-electron chi connectivity index (χ0n) is 16.0. The molecule has 5 heteroatoms. The first kappa shape index (κ1) is 19.6. The Hall–Kier alpha value is -1.20. The van der Waals surface area contributed by atoms with Crippen LogP contribution in [0.1, 0.15) is 64.2 Å². The Morgan fingerprint density at radius 2 is 1.69 bits per heavy atom. The van der Waals surface area contributed by atoms with Gasteiger partial charge in [0.2, 0.25) is 0 Å². The summed E-state index contributed by atoms with van der Waals surface area (Å²) in [6, 6.07) is 9.39. The molecule has 0 radical (unpaired) electrons. The first-order chi connectivity index (χ1) is 12.8. The van der Waals surface area contributed by atoms with Crippen molar-refractivity contribution in [1.29, 1.82) is 0 Å². The number of nitrogens with zero attached hydrogens (tertiary/aromatic N) is 1. The average molecular weight is 375 g/mol. The van der Waals surface area contributed by atoms with E-state index in [-0.39, 0.29) is 12.1 Å². The van der Waals surface area contributed by atoms with Gasteiger partial charge in [0.25, 0.3) is 0 Å². The van der Waals surface area contributed by atoms with E-state index in [1.54, 1.807) is 11.8 Å². The molecule has 0 aliphatic heterocycles. The molecule has 2 saturated carbocycles. The molecule has 1 aromatic carbocycles. The van der Waals surface area contributed by atoms with Crippen LogP contribution in [0, 0.1) is 0 Å². The van der Waals surface area contributed by atoms with Crippen LogP contribution in [0.2, 0.25) is 0 Å². The molecule has 2 aliphatic carbocycles. The Bertz CT molecular complexity index is 581. The van der Waals surface area contributed by atoms with Gasteiger partial charge < -0.3 is 16.4 Å². The minimum atomic E-state index is 0.187. The van der Waals surface area contributed by atoms with Crippen LogP contribution in [0.15, 0.2) is 34.2 Å². The third-order valence-corrected chi connectivity index (χ3v) is 6.43. The molecule has 4 N–H and O–H groups in total. The van der Waals surface area contributed by atoms with Gasteiger partial charge >= 0.3 is 0 Å². The quantitative estimate of drug-likeness (QED) is 0.308. The number of thioether (sulfide) groups is 1. The second kappa shape index (κ2) is 10.2. The van der Waals surface area contributed by atoms with E-state index in [1.807, 2.05) is 0 Å². The molecule has 0 saturated heterocycles. The number of rotatable bonds is 4. The molecule has 0 aromatic heterocycles. The molecule has 3 rings (SSSR count). The summed E-state index contributed by atoms with van der Waals surface area (Å²) in [6.45, 7) is 0. The van der Waals surface area contributed by atoms with E-state index in [2.05, 4.69) is 41.2 Å². The highest BCUT2D eigenvalue weighted by molar-refractivity contribution is 7.98. The van der Waals surface area contributed by atoms with E-state index in [0.717, 1.165) is 24.5 Å². The molecule has 0 amide bonds. The third kappa shape index (κ3) is 5.65. The van der Waals surface area contributed by atoms with Crippen LogP contribution in [-0.4, -0.2) is 30.3 Å². The van der Waals surface area contributed by atoms with Gasteiger partial charge in [0.1, 0.15) is 0 Å². The largest absolute Gasteiger partial charge is 0.353 e. The Kier molecular flexibility index (Phi) is 7.69. The second-order valence-electron chi connectivity index (χ2n) is 7.65. The molecular formula is C21H34N4S. The van der Waals surface area contributed by atoms with Crippen molar-refractivity contribution in [1.82, 2.24) is 5.32 Å². The molecule has 4 nitrogen and oxygen atoms in total. The number of aliphatic imine (C=N–C) groups is 1. The minimum absolute atomic E-state index is 0.187. The highest BCUT2D eigenvalue weighted by Crippen LogP contribution is 2.26. The molecule has 0 unspecified atom stereocenters. The highest BCUT2D eigenvalue weighted by atomic mass is 32.2. The zero-order chi connectivity index (χ0) is 18.2. The van der Waals surface area contributed by atoms with Crippen LogP contribution >= 0.6 is 11.8 Å². The Balaban J connectivity index is 1.77. The second-order valence-corrected chi connectivity index (χ2v) is 8.50. The number of nitrogens with two attached hydrogens (primary N) is 1. The predicted molar refractivity (Wildman–Crippen MR) is 114 cm³/mol. The lowest BCUT2D eigenvalue weighted by atomic mass is 9.91. The predicted octanol–water partition coefficient (Wildman–Crippen LogP) is 4.76. The monoisotopic (exact) mass is 374 g/mol. The van der Waals surface area contributed by atoms with Gasteiger partial charge in [0.05, 0.1) is 11.7 Å². The summed E-state index contributed by atoms with van der Waals surface area (Å²) >= 11 is 1.76. The molecule has 2 atom stereocenters. The standard InChI is InChI=1S/C21H34N4S/c1-26-20-15-9-8-14-19(20)25-21(23-16-10-4-2-3-5-11-16)24-18-13-7-6-12-17(18)22/h8-9,14-18H,2-7,10-13,22H2,1H3,(H2,23,24,25)/t17-,18-/m0/s1. The number of anilines is 1. The molecule has 0 heterocycles. The number of guanidine groups is 1. The molecule has 144 valence electrons. The van der Waals surface area contributed by atoms with Gasteiger partial charge in [0.15, 0.2) is 5.96 Å². The zero-order valence-corrected chi connectivity index (χ0v) is 16.9. The van der Waals surface area contributed by atoms with E-state index in [0.29, 0.717) is 6.04 Å². The van der Waals surface area contributed by atoms with Crippen molar-refractivity contribution < 1.29 is 0 Å². The average Bonchev–Trinajstić information content (AvgIpc) is 2.93. The van der Waals surface area contributed by atoms with Crippen molar-refractivity contribution in [2.75, 3.05) is 11.6 Å². The fraction of sp³-hybridized carbons (Fsp3) is 0.667. The van der Waals surface area contributed by atoms with Crippen LogP contribution in [0.3, 0.4) is 0 Å². The Morgan fingerprint density at radius 3 is 2.42 bits per heavy atom. The summed E-state index contributed by atoms with van der Waals surface area (Å²) in [5.41, 5.74) is 7.50. The molecular weight excluding hydrogens is 340 g/mol. The third-order valence-electron chi connectivity index (χ3n) is 5.63. The van der Waals surface area contributed by atoms with E-state index in [4.69, 9.17) is 10.7 Å². The van der Waals surface area contributed by atoms with E-state index in [1.165, 1.54) is 56.3 Å². The minimum Gasteiger partial charge on any atom is -0.353 e. The van der Waals surface area contributed by atoms with Gasteiger partial charge in [-0.2, -0.15) is 0 Å². The van der Waals surface area contributed by atoms with Crippen LogP contribution in [-0.2, 0) is 0 Å². The molecule has 0 spiro atoms. The summed E-state index contributed by atoms with van der Waals surface area (Å²) < 4.78 is 0. The SMILES string of the molecule is CSc1ccccc1NC(=N[C@H]1CCCC[C@@H]1N)NC1CCCCCC1. The first-order valence-corrected chi connectivity index (χ1v) is 11.5. The number of hydrogen-bond donors (Lipinski definition) is 3. The molecule has 1 aromatic rings. The van der Waals surface area contributed by atoms with Crippen LogP contribution in [0.5, 0.6) is 0 Å². The van der Waals surface area contributed by atoms with Crippen molar-refractivity contribution in [2.45, 2.75) is 87.2 Å². The maximum Gasteiger partial charge on any atom is 0.196 e. The number of para-hydroxylation sites is 1. The Morgan fingerprint density at radius 1 is 1.00 bits per heavy atom. The van der Waals surface area contributed by atoms with Crippen molar-refractivity contribution >= 4 is 23.4 Å². The van der Waals surface area contributed by atoms with Gasteiger partial charge in [-0.1, -0.05) is 50.7 Å². The van der Waals surface area contributed by atoms with E-state index in [9.17, 15) is 0 Å². The first-order valence-electron chi connectivity index (χ1n) is 10.3. The summed E-state index contributed by atoms with van der Waals surface area (Å²) in [4.78, 5) is 6.32. The lowest BCUT2D eigenvalue weighted by molar-refractivity contribution is 0.385. The molecule has 2 fully saturated rings. The normalized spacial score (nSPS) is 25.5. The number of hydrogen-bond acceptors (Lipinski definition) is 3. The van der Waals surface area contributed by atoms with E-state index < -0.39 is 0 Å². The smallest absolute Gasteiger partial charge is 0.196 e. The highest BCUT2D eigenvalue weighted by Gasteiger charge is 2.23. The van der Waals surface area contributed by atoms with Crippen LogP contribution in [0.25, 0.3) is 0 Å². The number of nitrogens with one attached hydrogen (secondary N) is 2. The topological polar surface area (TPSA) is 62.4 Å². The summed E-state index contributed by atoms with van der Waals surface area (Å²) in [5, 5.41) is 7.33. The fourth-order valence-corrected chi connectivity index (χ4v) is 4.62. The summed E-state index contributed by atoms with van der Waals surface area (Å²) in [5.74, 6) is 0.917. The van der Waals surface area contributed by atoms with Gasteiger partial charge in [-0.15, -0.1) is 11.8 Å².